The number of benzene rings is 6. The van der Waals surface area contributed by atoms with Crippen LogP contribution < -0.4 is 4.90 Å². The van der Waals surface area contributed by atoms with Gasteiger partial charge in [-0.1, -0.05) is 129 Å². The van der Waals surface area contributed by atoms with Crippen LogP contribution in [-0.2, 0) is 5.41 Å². The van der Waals surface area contributed by atoms with Crippen LogP contribution in [0.1, 0.15) is 36.5 Å². The number of anilines is 2. The average molecular weight is 710 g/mol. The zero-order chi connectivity index (χ0) is 36.7. The second kappa shape index (κ2) is 12.1. The quantitative estimate of drug-likeness (QED) is 0.177. The fourth-order valence-corrected chi connectivity index (χ4v) is 8.74. The summed E-state index contributed by atoms with van der Waals surface area (Å²) in [7, 11) is 0. The third-order valence-corrected chi connectivity index (χ3v) is 11.5. The Labute approximate surface area is 319 Å². The second-order valence-corrected chi connectivity index (χ2v) is 15.1. The van der Waals surface area contributed by atoms with E-state index in [0.717, 1.165) is 33.5 Å². The second-order valence-electron chi connectivity index (χ2n) is 15.1. The van der Waals surface area contributed by atoms with Crippen molar-refractivity contribution in [3.63, 3.8) is 0 Å². The van der Waals surface area contributed by atoms with Crippen LogP contribution in [0.5, 0.6) is 0 Å². The normalized spacial score (nSPS) is 17.2. The van der Waals surface area contributed by atoms with Gasteiger partial charge in [0.15, 0.2) is 23.1 Å². The van der Waals surface area contributed by atoms with Gasteiger partial charge in [-0.2, -0.15) is 0 Å². The van der Waals surface area contributed by atoms with E-state index in [1.807, 2.05) is 78.9 Å². The standard InChI is InChI=1S/C49H35N5O/c1-49(2)39-22-11-9-20-35(39)37-28-38-36-21-10-12-23-42(36)54(43(38)29-40(37)49)34-19-13-18-33(26-34)48-50-41-25-24-32(27-44(41)55-48)47-52-45(30-14-5-3-6-15-30)51-46(53-47)31-16-7-4-8-17-31/h3-29,36,42H,1-2H3. The van der Waals surface area contributed by atoms with E-state index in [1.54, 1.807) is 0 Å². The van der Waals surface area contributed by atoms with Crippen LogP contribution in [-0.4, -0.2) is 26.0 Å². The van der Waals surface area contributed by atoms with E-state index >= 15 is 0 Å². The molecule has 11 rings (SSSR count). The van der Waals surface area contributed by atoms with Gasteiger partial charge >= 0.3 is 0 Å². The molecule has 0 bridgehead atoms. The summed E-state index contributed by atoms with van der Waals surface area (Å²) in [5.74, 6) is 2.63. The highest BCUT2D eigenvalue weighted by Crippen LogP contribution is 2.55. The molecule has 0 radical (unpaired) electrons. The number of rotatable bonds is 5. The molecule has 6 aromatic carbocycles. The highest BCUT2D eigenvalue weighted by molar-refractivity contribution is 5.88. The van der Waals surface area contributed by atoms with Gasteiger partial charge < -0.3 is 9.32 Å². The van der Waals surface area contributed by atoms with E-state index in [1.165, 1.54) is 33.5 Å². The summed E-state index contributed by atoms with van der Waals surface area (Å²) in [6.07, 6.45) is 9.04. The summed E-state index contributed by atoms with van der Waals surface area (Å²) < 4.78 is 6.54. The molecule has 1 aliphatic heterocycles. The zero-order valence-electron chi connectivity index (χ0n) is 30.4. The molecule has 0 saturated carbocycles. The third kappa shape index (κ3) is 5.02. The number of fused-ring (bicyclic) bond motifs is 7. The fraction of sp³-hybridized carbons (Fsp3) is 0.102. The van der Waals surface area contributed by atoms with E-state index in [4.69, 9.17) is 24.4 Å². The molecule has 8 aromatic rings. The largest absolute Gasteiger partial charge is 0.436 e. The van der Waals surface area contributed by atoms with E-state index < -0.39 is 0 Å². The predicted octanol–water partition coefficient (Wildman–Crippen LogP) is 11.7. The summed E-state index contributed by atoms with van der Waals surface area (Å²) in [4.78, 5) is 22.2. The van der Waals surface area contributed by atoms with E-state index in [-0.39, 0.29) is 17.4 Å². The smallest absolute Gasteiger partial charge is 0.227 e. The van der Waals surface area contributed by atoms with Gasteiger partial charge in [0.2, 0.25) is 5.89 Å². The van der Waals surface area contributed by atoms with Crippen molar-refractivity contribution in [3.05, 3.63) is 181 Å². The molecular weight excluding hydrogens is 675 g/mol. The highest BCUT2D eigenvalue weighted by atomic mass is 16.3. The molecule has 6 heteroatoms. The van der Waals surface area contributed by atoms with Crippen LogP contribution >= 0.6 is 0 Å². The van der Waals surface area contributed by atoms with Gasteiger partial charge in [0, 0.05) is 45.0 Å². The number of allylic oxidation sites excluding steroid dienone is 2. The van der Waals surface area contributed by atoms with Crippen LogP contribution in [0.15, 0.2) is 168 Å². The number of hydrogen-bond donors (Lipinski definition) is 0. The van der Waals surface area contributed by atoms with Crippen molar-refractivity contribution in [3.8, 4) is 56.7 Å². The Kier molecular flexibility index (Phi) is 6.92. The minimum absolute atomic E-state index is 0.0848. The Balaban J connectivity index is 0.980. The van der Waals surface area contributed by atoms with Crippen molar-refractivity contribution in [1.29, 1.82) is 0 Å². The third-order valence-electron chi connectivity index (χ3n) is 11.5. The maximum Gasteiger partial charge on any atom is 0.227 e. The molecule has 3 heterocycles. The van der Waals surface area contributed by atoms with E-state index in [0.29, 0.717) is 28.9 Å². The highest BCUT2D eigenvalue weighted by Gasteiger charge is 2.42. The molecule has 2 atom stereocenters. The lowest BCUT2D eigenvalue weighted by molar-refractivity contribution is 0.620. The molecule has 2 aromatic heterocycles. The molecule has 0 saturated heterocycles. The van der Waals surface area contributed by atoms with Gasteiger partial charge in [-0.3, -0.25) is 0 Å². The van der Waals surface area contributed by atoms with E-state index in [2.05, 4.69) is 104 Å². The monoisotopic (exact) mass is 709 g/mol. The van der Waals surface area contributed by atoms with Gasteiger partial charge in [0.05, 0.1) is 6.04 Å². The number of oxazole rings is 1. The van der Waals surface area contributed by atoms with Gasteiger partial charge in [0.25, 0.3) is 0 Å². The molecule has 0 spiro atoms. The van der Waals surface area contributed by atoms with Gasteiger partial charge in [0.1, 0.15) is 5.52 Å². The number of hydrogen-bond acceptors (Lipinski definition) is 6. The molecule has 2 unspecified atom stereocenters. The molecule has 0 fully saturated rings. The molecule has 3 aliphatic rings. The lowest BCUT2D eigenvalue weighted by atomic mass is 9.81. The van der Waals surface area contributed by atoms with Crippen molar-refractivity contribution in [2.24, 2.45) is 0 Å². The summed E-state index contributed by atoms with van der Waals surface area (Å²) in [6.45, 7) is 4.70. The maximum atomic E-state index is 6.54. The van der Waals surface area contributed by atoms with Gasteiger partial charge in [-0.25, -0.2) is 19.9 Å². The van der Waals surface area contributed by atoms with Crippen LogP contribution in [0.3, 0.4) is 0 Å². The van der Waals surface area contributed by atoms with Crippen LogP contribution in [0.25, 0.3) is 67.8 Å². The fourth-order valence-electron chi connectivity index (χ4n) is 8.74. The minimum atomic E-state index is -0.0848. The molecule has 55 heavy (non-hydrogen) atoms. The zero-order valence-corrected chi connectivity index (χ0v) is 30.4. The molecule has 0 N–H and O–H groups in total. The van der Waals surface area contributed by atoms with Crippen molar-refractivity contribution in [2.75, 3.05) is 4.90 Å². The van der Waals surface area contributed by atoms with Crippen LogP contribution in [0.4, 0.5) is 11.4 Å². The van der Waals surface area contributed by atoms with Crippen molar-refractivity contribution >= 4 is 22.5 Å². The minimum Gasteiger partial charge on any atom is -0.436 e. The Morgan fingerprint density at radius 1 is 0.545 bits per heavy atom. The summed E-state index contributed by atoms with van der Waals surface area (Å²) in [5.41, 5.74) is 14.2. The summed E-state index contributed by atoms with van der Waals surface area (Å²) in [5, 5.41) is 0. The van der Waals surface area contributed by atoms with Crippen molar-refractivity contribution in [2.45, 2.75) is 31.2 Å². The maximum absolute atomic E-state index is 6.54. The van der Waals surface area contributed by atoms with Crippen molar-refractivity contribution in [1.82, 2.24) is 19.9 Å². The predicted molar refractivity (Wildman–Crippen MR) is 220 cm³/mol. The SMILES string of the molecule is CC1(C)c2ccccc2-c2cc3c(cc21)N(c1cccc(-c2nc4ccc(-c5nc(-c6ccccc6)nc(-c6ccccc6)n5)cc4o2)c1)C1C=CC=CC31. The first-order valence-corrected chi connectivity index (χ1v) is 18.8. The van der Waals surface area contributed by atoms with Gasteiger partial charge in [-0.15, -0.1) is 0 Å². The van der Waals surface area contributed by atoms with Crippen LogP contribution in [0, 0.1) is 0 Å². The molecule has 2 aliphatic carbocycles. The summed E-state index contributed by atoms with van der Waals surface area (Å²) in [6, 6.07) is 48.5. The first-order valence-electron chi connectivity index (χ1n) is 18.8. The number of nitrogens with zero attached hydrogens (tertiary/aromatic N) is 5. The Hall–Kier alpha value is -6.92. The first kappa shape index (κ1) is 31.6. The molecular formula is C49H35N5O. The first-order chi connectivity index (χ1) is 27.0. The Bertz CT molecular complexity index is 2810. The lowest BCUT2D eigenvalue weighted by Gasteiger charge is -2.29. The Morgan fingerprint density at radius 2 is 1.22 bits per heavy atom. The summed E-state index contributed by atoms with van der Waals surface area (Å²) >= 11 is 0. The van der Waals surface area contributed by atoms with Gasteiger partial charge in [-0.05, 0) is 76.3 Å². The van der Waals surface area contributed by atoms with E-state index in [9.17, 15) is 0 Å². The number of aromatic nitrogens is 4. The van der Waals surface area contributed by atoms with Crippen LogP contribution in [0.2, 0.25) is 0 Å². The molecule has 0 amide bonds. The topological polar surface area (TPSA) is 67.9 Å². The van der Waals surface area contributed by atoms with Crippen molar-refractivity contribution < 1.29 is 4.42 Å². The lowest BCUT2D eigenvalue weighted by Crippen LogP contribution is -2.28. The average Bonchev–Trinajstić information content (AvgIpc) is 3.89. The molecule has 6 nitrogen and oxygen atoms in total. The molecule has 262 valence electrons. The Morgan fingerprint density at radius 3 is 1.98 bits per heavy atom.